The average Bonchev–Trinajstić information content (AvgIpc) is 3.93. The highest BCUT2D eigenvalue weighted by atomic mass is 33.1. The molecule has 0 saturated carbocycles. The largest absolute Gasteiger partial charge is 0.226 e. The van der Waals surface area contributed by atoms with Gasteiger partial charge in [0.05, 0.1) is 48.0 Å². The van der Waals surface area contributed by atoms with E-state index in [4.69, 9.17) is 20.4 Å². The van der Waals surface area contributed by atoms with Gasteiger partial charge in [-0.3, -0.25) is 0 Å². The van der Waals surface area contributed by atoms with E-state index in [1.807, 2.05) is 33.9 Å². The Hall–Kier alpha value is -5.86. The number of hydrogen-bond donors (Lipinski definition) is 0. The Morgan fingerprint density at radius 3 is 1.28 bits per heavy atom. The first-order valence-electron chi connectivity index (χ1n) is 17.5. The lowest BCUT2D eigenvalue weighted by atomic mass is 10.1. The van der Waals surface area contributed by atoms with Crippen LogP contribution in [0.4, 0.5) is 0 Å². The lowest BCUT2D eigenvalue weighted by Gasteiger charge is -2.12. The first-order chi connectivity index (χ1) is 26.1. The first-order valence-corrected chi connectivity index (χ1v) is 19.7. The fourth-order valence-corrected chi connectivity index (χ4v) is 9.03. The van der Waals surface area contributed by atoms with Crippen LogP contribution in [0.3, 0.4) is 0 Å². The molecule has 4 aromatic heterocycles. The molecule has 0 atom stereocenters. The Morgan fingerprint density at radius 2 is 0.889 bits per heavy atom. The van der Waals surface area contributed by atoms with E-state index >= 15 is 0 Å². The summed E-state index contributed by atoms with van der Waals surface area (Å²) < 4.78 is 3.89. The molecular formula is C40H38N12S2. The van der Waals surface area contributed by atoms with Gasteiger partial charge in [-0.1, -0.05) is 71.8 Å². The Kier molecular flexibility index (Phi) is 9.69. The second-order valence-corrected chi connectivity index (χ2v) is 15.8. The van der Waals surface area contributed by atoms with Crippen LogP contribution < -0.4 is 0 Å². The molecule has 0 bridgehead atoms. The summed E-state index contributed by atoms with van der Waals surface area (Å²) in [5.41, 5.74) is 12.6. The van der Waals surface area contributed by atoms with E-state index in [1.54, 1.807) is 31.2 Å². The van der Waals surface area contributed by atoms with Crippen molar-refractivity contribution >= 4 is 21.6 Å². The standard InChI is InChI=1S/C40H38N12S2/c1-25-9-7-11-31(15-25)23-49-45-37(43-47-49)35-21-41-51(33-17-27(3)13-28(4)18-33)39(35)53-54-40-36(22-42-52(40)34-19-29(5)14-30(6)20-34)38-44-48-50(46-38)24-32-12-8-10-26(2)16-32/h7-22H,23-24H2,1-6H3. The Morgan fingerprint density at radius 1 is 0.481 bits per heavy atom. The Bertz CT molecular complexity index is 2390. The fraction of sp³-hybridized carbons (Fsp3) is 0.200. The Balaban J connectivity index is 1.19. The number of tetrazole rings is 2. The second-order valence-electron chi connectivity index (χ2n) is 13.7. The van der Waals surface area contributed by atoms with Crippen LogP contribution in [-0.2, 0) is 13.1 Å². The van der Waals surface area contributed by atoms with Gasteiger partial charge >= 0.3 is 0 Å². The predicted octanol–water partition coefficient (Wildman–Crippen LogP) is 8.11. The minimum Gasteiger partial charge on any atom is -0.226 e. The molecule has 0 radical (unpaired) electrons. The molecule has 12 nitrogen and oxygen atoms in total. The molecule has 0 aliphatic heterocycles. The molecule has 8 rings (SSSR count). The van der Waals surface area contributed by atoms with Crippen molar-refractivity contribution < 1.29 is 0 Å². The van der Waals surface area contributed by atoms with Gasteiger partial charge in [0.1, 0.15) is 10.1 Å². The third-order valence-corrected chi connectivity index (χ3v) is 11.1. The molecule has 0 amide bonds. The van der Waals surface area contributed by atoms with Gasteiger partial charge < -0.3 is 0 Å². The van der Waals surface area contributed by atoms with Gasteiger partial charge in [0, 0.05) is 0 Å². The molecule has 0 fully saturated rings. The van der Waals surface area contributed by atoms with Gasteiger partial charge in [-0.05, 0) is 131 Å². The smallest absolute Gasteiger partial charge is 0.209 e. The number of aromatic nitrogens is 12. The van der Waals surface area contributed by atoms with Crippen molar-refractivity contribution in [2.75, 3.05) is 0 Å². The molecule has 4 aromatic carbocycles. The van der Waals surface area contributed by atoms with E-state index in [-0.39, 0.29) is 0 Å². The maximum Gasteiger partial charge on any atom is 0.209 e. The molecular weight excluding hydrogens is 713 g/mol. The highest BCUT2D eigenvalue weighted by Crippen LogP contribution is 2.46. The first kappa shape index (κ1) is 35.2. The summed E-state index contributed by atoms with van der Waals surface area (Å²) in [5.74, 6) is 0.982. The van der Waals surface area contributed by atoms with Gasteiger partial charge in [-0.15, -0.1) is 20.4 Å². The van der Waals surface area contributed by atoms with E-state index in [9.17, 15) is 0 Å². The minimum atomic E-state index is 0.491. The van der Waals surface area contributed by atoms with Gasteiger partial charge in [0.15, 0.2) is 0 Å². The molecule has 0 unspecified atom stereocenters. The summed E-state index contributed by atoms with van der Waals surface area (Å²) >= 11 is 0. The lowest BCUT2D eigenvalue weighted by molar-refractivity contribution is 0.572. The zero-order valence-corrected chi connectivity index (χ0v) is 32.5. The average molecular weight is 751 g/mol. The minimum absolute atomic E-state index is 0.491. The van der Waals surface area contributed by atoms with Crippen molar-refractivity contribution in [3.05, 3.63) is 142 Å². The quantitative estimate of drug-likeness (QED) is 0.120. The summed E-state index contributed by atoms with van der Waals surface area (Å²) in [4.78, 5) is 3.25. The molecule has 54 heavy (non-hydrogen) atoms. The van der Waals surface area contributed by atoms with E-state index in [2.05, 4.69) is 135 Å². The van der Waals surface area contributed by atoms with Crippen LogP contribution in [0.15, 0.2) is 107 Å². The molecule has 0 saturated heterocycles. The summed E-state index contributed by atoms with van der Waals surface area (Å²) in [5, 5.41) is 38.9. The topological polar surface area (TPSA) is 123 Å². The number of benzene rings is 4. The van der Waals surface area contributed by atoms with Crippen LogP contribution in [0.1, 0.15) is 44.5 Å². The molecule has 0 aliphatic rings. The van der Waals surface area contributed by atoms with E-state index in [0.29, 0.717) is 24.7 Å². The lowest BCUT2D eigenvalue weighted by Crippen LogP contribution is -2.04. The van der Waals surface area contributed by atoms with Crippen LogP contribution >= 0.6 is 21.6 Å². The normalized spacial score (nSPS) is 11.4. The van der Waals surface area contributed by atoms with Crippen LogP contribution in [0.5, 0.6) is 0 Å². The molecule has 14 heteroatoms. The summed E-state index contributed by atoms with van der Waals surface area (Å²) in [7, 11) is 3.10. The summed E-state index contributed by atoms with van der Waals surface area (Å²) in [6, 6.07) is 29.5. The van der Waals surface area contributed by atoms with Gasteiger partial charge in [-0.25, -0.2) is 9.36 Å². The molecule has 4 heterocycles. The van der Waals surface area contributed by atoms with Crippen LogP contribution in [0, 0.1) is 41.5 Å². The molecule has 0 spiro atoms. The maximum absolute atomic E-state index is 4.89. The zero-order valence-electron chi connectivity index (χ0n) is 30.8. The van der Waals surface area contributed by atoms with Crippen molar-refractivity contribution in [3.8, 4) is 34.2 Å². The zero-order chi connectivity index (χ0) is 37.3. The number of rotatable bonds is 11. The molecule has 270 valence electrons. The Labute approximate surface area is 321 Å². The number of nitrogens with zero attached hydrogens (tertiary/aromatic N) is 12. The highest BCUT2D eigenvalue weighted by Gasteiger charge is 2.24. The van der Waals surface area contributed by atoms with E-state index in [1.165, 1.54) is 11.1 Å². The highest BCUT2D eigenvalue weighted by molar-refractivity contribution is 8.76. The molecule has 0 N–H and O–H groups in total. The van der Waals surface area contributed by atoms with E-state index in [0.717, 1.165) is 65.9 Å². The van der Waals surface area contributed by atoms with Gasteiger partial charge in [-0.2, -0.15) is 19.8 Å². The summed E-state index contributed by atoms with van der Waals surface area (Å²) in [6.07, 6.45) is 3.63. The van der Waals surface area contributed by atoms with Crippen LogP contribution in [0.25, 0.3) is 34.2 Å². The van der Waals surface area contributed by atoms with Crippen molar-refractivity contribution in [1.29, 1.82) is 0 Å². The number of aryl methyl sites for hydroxylation is 6. The van der Waals surface area contributed by atoms with Crippen molar-refractivity contribution in [3.63, 3.8) is 0 Å². The SMILES string of the molecule is Cc1cccc(Cn2nnc(-c3cnn(-c4cc(C)cc(C)c4)c3SSc3c(-c4nnn(Cc5cccc(C)c5)n4)cnn3-c3cc(C)cc(C)c3)n2)c1. The van der Waals surface area contributed by atoms with E-state index < -0.39 is 0 Å². The molecule has 8 aromatic rings. The monoisotopic (exact) mass is 750 g/mol. The predicted molar refractivity (Wildman–Crippen MR) is 212 cm³/mol. The number of hydrogen-bond acceptors (Lipinski definition) is 10. The maximum atomic E-state index is 4.89. The third-order valence-electron chi connectivity index (χ3n) is 8.75. The van der Waals surface area contributed by atoms with Crippen molar-refractivity contribution in [2.45, 2.75) is 64.7 Å². The second kappa shape index (κ2) is 14.9. The summed E-state index contributed by atoms with van der Waals surface area (Å²) in [6.45, 7) is 13.5. The van der Waals surface area contributed by atoms with Gasteiger partial charge in [0.2, 0.25) is 11.6 Å². The van der Waals surface area contributed by atoms with Gasteiger partial charge in [0.25, 0.3) is 0 Å². The van der Waals surface area contributed by atoms with Crippen LogP contribution in [0.2, 0.25) is 0 Å². The third kappa shape index (κ3) is 7.61. The van der Waals surface area contributed by atoms with Crippen LogP contribution in [-0.4, -0.2) is 60.0 Å². The van der Waals surface area contributed by atoms with Crippen molar-refractivity contribution in [1.82, 2.24) is 60.0 Å². The fourth-order valence-electron chi connectivity index (χ4n) is 6.52. The molecule has 0 aliphatic carbocycles. The van der Waals surface area contributed by atoms with Crippen molar-refractivity contribution in [2.24, 2.45) is 0 Å².